The van der Waals surface area contributed by atoms with Crippen molar-refractivity contribution < 1.29 is 19.5 Å². The van der Waals surface area contributed by atoms with Crippen LogP contribution in [0.4, 0.5) is 0 Å². The molecule has 1 aliphatic heterocycles. The smallest absolute Gasteiger partial charge is 0.306 e. The van der Waals surface area contributed by atoms with Crippen LogP contribution in [0, 0.1) is 5.92 Å². The molecule has 0 aromatic heterocycles. The molecule has 0 radical (unpaired) electrons. The van der Waals surface area contributed by atoms with Gasteiger partial charge in [0.05, 0.1) is 18.4 Å². The normalized spacial score (nSPS) is 22.0. The fraction of sp³-hybridized carbons (Fsp3) is 0.800. The van der Waals surface area contributed by atoms with Gasteiger partial charge in [-0.2, -0.15) is 0 Å². The lowest BCUT2D eigenvalue weighted by molar-refractivity contribution is -0.142. The van der Waals surface area contributed by atoms with E-state index in [2.05, 4.69) is 5.32 Å². The second-order valence-electron chi connectivity index (χ2n) is 6.19. The van der Waals surface area contributed by atoms with E-state index in [-0.39, 0.29) is 36.2 Å². The van der Waals surface area contributed by atoms with Gasteiger partial charge in [-0.25, -0.2) is 0 Å². The third kappa shape index (κ3) is 4.81. The summed E-state index contributed by atoms with van der Waals surface area (Å²) in [6.45, 7) is 7.31. The van der Waals surface area contributed by atoms with Gasteiger partial charge in [-0.1, -0.05) is 13.3 Å². The molecular weight excluding hydrogens is 272 g/mol. The molecule has 1 aliphatic rings. The largest absolute Gasteiger partial charge is 0.481 e. The number of hydrogen-bond donors (Lipinski definition) is 2. The zero-order valence-electron chi connectivity index (χ0n) is 13.3. The molecule has 6 nitrogen and oxygen atoms in total. The van der Waals surface area contributed by atoms with Crippen molar-refractivity contribution in [2.45, 2.75) is 71.5 Å². The number of carboxylic acids is 1. The van der Waals surface area contributed by atoms with E-state index in [1.54, 1.807) is 6.92 Å². The van der Waals surface area contributed by atoms with Crippen molar-refractivity contribution in [3.05, 3.63) is 0 Å². The van der Waals surface area contributed by atoms with Crippen LogP contribution in [0.2, 0.25) is 0 Å². The number of nitrogens with one attached hydrogen (secondary N) is 1. The van der Waals surface area contributed by atoms with Crippen LogP contribution in [0.5, 0.6) is 0 Å². The number of nitrogens with zero attached hydrogens (tertiary/aromatic N) is 1. The molecule has 0 saturated carbocycles. The van der Waals surface area contributed by atoms with Gasteiger partial charge in [0.2, 0.25) is 11.8 Å². The molecule has 21 heavy (non-hydrogen) atoms. The van der Waals surface area contributed by atoms with Crippen LogP contribution in [0.3, 0.4) is 0 Å². The van der Waals surface area contributed by atoms with Gasteiger partial charge in [0.15, 0.2) is 0 Å². The lowest BCUT2D eigenvalue weighted by Crippen LogP contribution is -2.44. The van der Waals surface area contributed by atoms with Crippen LogP contribution >= 0.6 is 0 Å². The Hall–Kier alpha value is -1.43. The van der Waals surface area contributed by atoms with E-state index < -0.39 is 12.0 Å². The molecule has 6 heteroatoms. The summed E-state index contributed by atoms with van der Waals surface area (Å²) in [5, 5.41) is 12.0. The molecule has 3 atom stereocenters. The van der Waals surface area contributed by atoms with Crippen molar-refractivity contribution in [1.82, 2.24) is 10.2 Å². The summed E-state index contributed by atoms with van der Waals surface area (Å²) in [7, 11) is 0. The van der Waals surface area contributed by atoms with Crippen molar-refractivity contribution in [3.8, 4) is 0 Å². The van der Waals surface area contributed by atoms with E-state index >= 15 is 0 Å². The van der Waals surface area contributed by atoms with Gasteiger partial charge in [0, 0.05) is 12.1 Å². The Morgan fingerprint density at radius 2 is 1.90 bits per heavy atom. The molecule has 120 valence electrons. The fourth-order valence-electron chi connectivity index (χ4n) is 2.60. The van der Waals surface area contributed by atoms with Crippen LogP contribution < -0.4 is 5.32 Å². The standard InChI is InChI=1S/C15H26N2O4/c1-9(2)17-13(18)8-12(14(17)19)16-11(4)7-5-6-10(3)15(20)21/h9-12,16H,5-8H2,1-4H3,(H,20,21). The minimum Gasteiger partial charge on any atom is -0.481 e. The molecule has 0 aromatic carbocycles. The molecule has 1 rings (SSSR count). The van der Waals surface area contributed by atoms with E-state index in [0.29, 0.717) is 6.42 Å². The Morgan fingerprint density at radius 1 is 1.29 bits per heavy atom. The molecule has 0 aromatic rings. The number of carbonyl (C=O) groups is 3. The predicted molar refractivity (Wildman–Crippen MR) is 78.6 cm³/mol. The fourth-order valence-corrected chi connectivity index (χ4v) is 2.60. The second-order valence-corrected chi connectivity index (χ2v) is 6.19. The highest BCUT2D eigenvalue weighted by molar-refractivity contribution is 6.05. The molecule has 1 fully saturated rings. The minimum atomic E-state index is -0.778. The zero-order valence-corrected chi connectivity index (χ0v) is 13.3. The van der Waals surface area contributed by atoms with Gasteiger partial charge < -0.3 is 10.4 Å². The van der Waals surface area contributed by atoms with Crippen LogP contribution in [0.1, 0.15) is 53.4 Å². The van der Waals surface area contributed by atoms with Gasteiger partial charge in [0.1, 0.15) is 0 Å². The maximum Gasteiger partial charge on any atom is 0.306 e. The van der Waals surface area contributed by atoms with E-state index in [0.717, 1.165) is 12.8 Å². The average Bonchev–Trinajstić information content (AvgIpc) is 2.63. The van der Waals surface area contributed by atoms with Gasteiger partial charge in [0.25, 0.3) is 0 Å². The summed E-state index contributed by atoms with van der Waals surface area (Å²) >= 11 is 0. The molecule has 2 amide bonds. The topological polar surface area (TPSA) is 86.7 Å². The van der Waals surface area contributed by atoms with Crippen LogP contribution in [-0.2, 0) is 14.4 Å². The summed E-state index contributed by atoms with van der Waals surface area (Å²) in [5.74, 6) is -1.40. The summed E-state index contributed by atoms with van der Waals surface area (Å²) in [6.07, 6.45) is 2.41. The van der Waals surface area contributed by atoms with Crippen LogP contribution in [0.25, 0.3) is 0 Å². The first kappa shape index (κ1) is 17.6. The maximum atomic E-state index is 12.1. The molecule has 0 spiro atoms. The van der Waals surface area contributed by atoms with E-state index in [9.17, 15) is 14.4 Å². The Labute approximate surface area is 125 Å². The summed E-state index contributed by atoms with van der Waals surface area (Å²) in [6, 6.07) is -0.463. The number of carbonyl (C=O) groups excluding carboxylic acids is 2. The van der Waals surface area contributed by atoms with Gasteiger partial charge in [-0.3, -0.25) is 19.3 Å². The lowest BCUT2D eigenvalue weighted by Gasteiger charge is -2.21. The summed E-state index contributed by atoms with van der Waals surface area (Å²) in [5.41, 5.74) is 0. The first-order chi connectivity index (χ1) is 9.73. The minimum absolute atomic E-state index is 0.0832. The number of aliphatic carboxylic acids is 1. The Balaban J connectivity index is 2.39. The van der Waals surface area contributed by atoms with Crippen molar-refractivity contribution >= 4 is 17.8 Å². The Morgan fingerprint density at radius 3 is 2.38 bits per heavy atom. The lowest BCUT2D eigenvalue weighted by atomic mass is 10.0. The number of imide groups is 1. The van der Waals surface area contributed by atoms with E-state index in [1.165, 1.54) is 4.90 Å². The van der Waals surface area contributed by atoms with E-state index in [1.807, 2.05) is 20.8 Å². The van der Waals surface area contributed by atoms with Crippen molar-refractivity contribution in [2.75, 3.05) is 0 Å². The number of hydrogen-bond acceptors (Lipinski definition) is 4. The monoisotopic (exact) mass is 298 g/mol. The molecular formula is C15H26N2O4. The van der Waals surface area contributed by atoms with Crippen LogP contribution in [-0.4, -0.2) is 45.9 Å². The number of amides is 2. The summed E-state index contributed by atoms with van der Waals surface area (Å²) < 4.78 is 0. The van der Waals surface area contributed by atoms with Gasteiger partial charge in [-0.15, -0.1) is 0 Å². The van der Waals surface area contributed by atoms with Gasteiger partial charge in [-0.05, 0) is 33.6 Å². The first-order valence-corrected chi connectivity index (χ1v) is 7.58. The number of rotatable bonds is 8. The summed E-state index contributed by atoms with van der Waals surface area (Å²) in [4.78, 5) is 36.0. The van der Waals surface area contributed by atoms with E-state index in [4.69, 9.17) is 5.11 Å². The van der Waals surface area contributed by atoms with Crippen molar-refractivity contribution in [3.63, 3.8) is 0 Å². The first-order valence-electron chi connectivity index (χ1n) is 7.58. The van der Waals surface area contributed by atoms with Crippen molar-refractivity contribution in [1.29, 1.82) is 0 Å². The van der Waals surface area contributed by atoms with Gasteiger partial charge >= 0.3 is 5.97 Å². The maximum absolute atomic E-state index is 12.1. The molecule has 2 N–H and O–H groups in total. The molecule has 1 heterocycles. The quantitative estimate of drug-likeness (QED) is 0.661. The molecule has 0 aliphatic carbocycles. The third-order valence-corrected chi connectivity index (χ3v) is 3.88. The number of likely N-dealkylation sites (tertiary alicyclic amines) is 1. The number of carboxylic acid groups (broad SMARTS) is 1. The molecule has 3 unspecified atom stereocenters. The average molecular weight is 298 g/mol. The van der Waals surface area contributed by atoms with Crippen molar-refractivity contribution in [2.24, 2.45) is 5.92 Å². The second kappa shape index (κ2) is 7.54. The Kier molecular flexibility index (Phi) is 6.33. The molecule has 0 bridgehead atoms. The highest BCUT2D eigenvalue weighted by atomic mass is 16.4. The Bertz CT molecular complexity index is 408. The predicted octanol–water partition coefficient (Wildman–Crippen LogP) is 1.39. The highest BCUT2D eigenvalue weighted by Crippen LogP contribution is 2.17. The SMILES string of the molecule is CC(CCCC(C)C(=O)O)NC1CC(=O)N(C(C)C)C1=O. The highest BCUT2D eigenvalue weighted by Gasteiger charge is 2.40. The van der Waals surface area contributed by atoms with Crippen LogP contribution in [0.15, 0.2) is 0 Å². The third-order valence-electron chi connectivity index (χ3n) is 3.88. The molecule has 1 saturated heterocycles. The zero-order chi connectivity index (χ0) is 16.2.